The third-order valence-electron chi connectivity index (χ3n) is 4.35. The Morgan fingerprint density at radius 1 is 1.19 bits per heavy atom. The molecule has 3 aromatic rings. The number of amides is 1. The second kappa shape index (κ2) is 7.97. The van der Waals surface area contributed by atoms with Crippen molar-refractivity contribution < 1.29 is 4.79 Å². The molecule has 0 fully saturated rings. The van der Waals surface area contributed by atoms with Crippen LogP contribution in [-0.2, 0) is 0 Å². The highest BCUT2D eigenvalue weighted by atomic mass is 16.1. The van der Waals surface area contributed by atoms with E-state index in [0.29, 0.717) is 5.56 Å². The number of aromatic nitrogens is 2. The topological polar surface area (TPSA) is 61.0 Å². The van der Waals surface area contributed by atoms with E-state index in [-0.39, 0.29) is 11.9 Å². The molecular weight excluding hydrogens is 324 g/mol. The molecule has 3 rings (SSSR count). The van der Waals surface area contributed by atoms with Crippen LogP contribution in [0.25, 0.3) is 11.1 Å². The highest BCUT2D eigenvalue weighted by Gasteiger charge is 2.17. The Morgan fingerprint density at radius 3 is 2.58 bits per heavy atom. The number of nitrogens with one attached hydrogen (secondary N) is 2. The van der Waals surface area contributed by atoms with Crippen molar-refractivity contribution in [2.24, 2.45) is 0 Å². The van der Waals surface area contributed by atoms with E-state index in [4.69, 9.17) is 0 Å². The zero-order valence-electron chi connectivity index (χ0n) is 15.4. The van der Waals surface area contributed by atoms with Crippen LogP contribution in [0.4, 0.5) is 0 Å². The number of H-pyrrole nitrogens is 1. The molecule has 5 nitrogen and oxygen atoms in total. The molecule has 1 amide bonds. The van der Waals surface area contributed by atoms with Gasteiger partial charge >= 0.3 is 0 Å². The summed E-state index contributed by atoms with van der Waals surface area (Å²) in [5, 5.41) is 9.97. The second-order valence-electron chi connectivity index (χ2n) is 6.72. The molecule has 0 saturated heterocycles. The minimum absolute atomic E-state index is 0.0624. The number of likely N-dealkylation sites (N-methyl/N-ethyl adjacent to an activating group) is 1. The fourth-order valence-electron chi connectivity index (χ4n) is 3.05. The number of aromatic amines is 1. The summed E-state index contributed by atoms with van der Waals surface area (Å²) in [5.74, 6) is -0.0671. The largest absolute Gasteiger partial charge is 0.344 e. The quantitative estimate of drug-likeness (QED) is 0.717. The van der Waals surface area contributed by atoms with Gasteiger partial charge in [-0.15, -0.1) is 0 Å². The van der Waals surface area contributed by atoms with E-state index in [2.05, 4.69) is 20.4 Å². The lowest BCUT2D eigenvalue weighted by molar-refractivity contribution is 0.0930. The maximum Gasteiger partial charge on any atom is 0.251 e. The van der Waals surface area contributed by atoms with E-state index in [1.54, 1.807) is 6.20 Å². The summed E-state index contributed by atoms with van der Waals surface area (Å²) in [6.07, 6.45) is 3.63. The summed E-state index contributed by atoms with van der Waals surface area (Å²) < 4.78 is 0. The second-order valence-corrected chi connectivity index (χ2v) is 6.72. The number of benzene rings is 2. The fourth-order valence-corrected chi connectivity index (χ4v) is 3.05. The fraction of sp³-hybridized carbons (Fsp3) is 0.238. The third-order valence-corrected chi connectivity index (χ3v) is 4.35. The molecule has 0 radical (unpaired) electrons. The molecule has 1 aromatic heterocycles. The molecule has 0 aliphatic carbocycles. The molecule has 2 aromatic carbocycles. The number of carbonyl (C=O) groups excluding carboxylic acids is 1. The van der Waals surface area contributed by atoms with Gasteiger partial charge in [-0.3, -0.25) is 9.89 Å². The van der Waals surface area contributed by atoms with Crippen LogP contribution in [-0.4, -0.2) is 41.6 Å². The Balaban J connectivity index is 1.80. The van der Waals surface area contributed by atoms with Gasteiger partial charge in [0.1, 0.15) is 0 Å². The molecule has 0 aliphatic heterocycles. The molecule has 0 aliphatic rings. The van der Waals surface area contributed by atoms with Gasteiger partial charge < -0.3 is 10.2 Å². The molecule has 0 spiro atoms. The highest BCUT2D eigenvalue weighted by molar-refractivity contribution is 5.95. The Labute approximate surface area is 154 Å². The normalized spacial score (nSPS) is 12.2. The van der Waals surface area contributed by atoms with Crippen LogP contribution in [0.15, 0.2) is 60.9 Å². The standard InChI is InChI=1S/C21H24N4O/c1-15-11-17(9-10-19(15)18-12-22-23-13-18)21(26)24-20(14-25(2)3)16-7-5-4-6-8-16/h4-13,20H,14H2,1-3H3,(H,22,23)(H,24,26). The zero-order valence-corrected chi connectivity index (χ0v) is 15.4. The van der Waals surface area contributed by atoms with E-state index in [1.807, 2.05) is 75.7 Å². The average molecular weight is 348 g/mol. The van der Waals surface area contributed by atoms with E-state index in [1.165, 1.54) is 0 Å². The SMILES string of the molecule is Cc1cc(C(=O)NC(CN(C)C)c2ccccc2)ccc1-c1cn[nH]c1. The molecule has 134 valence electrons. The van der Waals surface area contributed by atoms with Gasteiger partial charge in [0.2, 0.25) is 0 Å². The van der Waals surface area contributed by atoms with Crippen LogP contribution in [0.5, 0.6) is 0 Å². The predicted molar refractivity (Wildman–Crippen MR) is 104 cm³/mol. The molecule has 1 heterocycles. The van der Waals surface area contributed by atoms with Gasteiger partial charge in [0.15, 0.2) is 0 Å². The van der Waals surface area contributed by atoms with Crippen LogP contribution < -0.4 is 5.32 Å². The van der Waals surface area contributed by atoms with Crippen molar-refractivity contribution in [3.63, 3.8) is 0 Å². The van der Waals surface area contributed by atoms with E-state index in [9.17, 15) is 4.79 Å². The summed E-state index contributed by atoms with van der Waals surface area (Å²) >= 11 is 0. The van der Waals surface area contributed by atoms with Gasteiger partial charge in [-0.05, 0) is 49.8 Å². The molecule has 1 atom stereocenters. The highest BCUT2D eigenvalue weighted by Crippen LogP contribution is 2.23. The van der Waals surface area contributed by atoms with E-state index in [0.717, 1.165) is 28.8 Å². The summed E-state index contributed by atoms with van der Waals surface area (Å²) in [6, 6.07) is 15.8. The van der Waals surface area contributed by atoms with Gasteiger partial charge in [-0.1, -0.05) is 36.4 Å². The number of hydrogen-bond donors (Lipinski definition) is 2. The number of carbonyl (C=O) groups is 1. The Kier molecular flexibility index (Phi) is 5.49. The minimum Gasteiger partial charge on any atom is -0.344 e. The lowest BCUT2D eigenvalue weighted by atomic mass is 10.00. The molecular formula is C21H24N4O. The first-order valence-electron chi connectivity index (χ1n) is 8.65. The van der Waals surface area contributed by atoms with Gasteiger partial charge in [0.05, 0.1) is 12.2 Å². The van der Waals surface area contributed by atoms with Crippen molar-refractivity contribution >= 4 is 5.91 Å². The van der Waals surface area contributed by atoms with Gasteiger partial charge in [-0.25, -0.2) is 0 Å². The zero-order chi connectivity index (χ0) is 18.5. The first kappa shape index (κ1) is 17.9. The van der Waals surface area contributed by atoms with Crippen molar-refractivity contribution in [3.8, 4) is 11.1 Å². The minimum atomic E-state index is -0.0671. The van der Waals surface area contributed by atoms with Gasteiger partial charge in [-0.2, -0.15) is 5.10 Å². The van der Waals surface area contributed by atoms with Gasteiger partial charge in [0, 0.05) is 23.9 Å². The number of nitrogens with zero attached hydrogens (tertiary/aromatic N) is 2. The molecule has 26 heavy (non-hydrogen) atoms. The van der Waals surface area contributed by atoms with Crippen molar-refractivity contribution in [1.29, 1.82) is 0 Å². The molecule has 5 heteroatoms. The first-order chi connectivity index (χ1) is 12.5. The molecule has 1 unspecified atom stereocenters. The molecule has 0 saturated carbocycles. The maximum atomic E-state index is 12.8. The van der Waals surface area contributed by atoms with Crippen molar-refractivity contribution in [1.82, 2.24) is 20.4 Å². The predicted octanol–water partition coefficient (Wildman–Crippen LogP) is 3.42. The van der Waals surface area contributed by atoms with Crippen LogP contribution in [0.3, 0.4) is 0 Å². The average Bonchev–Trinajstić information content (AvgIpc) is 3.15. The lowest BCUT2D eigenvalue weighted by Crippen LogP contribution is -2.35. The summed E-state index contributed by atoms with van der Waals surface area (Å²) in [6.45, 7) is 2.75. The molecule has 0 bridgehead atoms. The summed E-state index contributed by atoms with van der Waals surface area (Å²) in [4.78, 5) is 14.9. The molecule has 2 N–H and O–H groups in total. The van der Waals surface area contributed by atoms with Crippen LogP contribution in [0, 0.1) is 6.92 Å². The monoisotopic (exact) mass is 348 g/mol. The first-order valence-corrected chi connectivity index (χ1v) is 8.65. The third kappa shape index (κ3) is 4.18. The van der Waals surface area contributed by atoms with E-state index >= 15 is 0 Å². The number of rotatable bonds is 6. The Bertz CT molecular complexity index is 857. The van der Waals surface area contributed by atoms with Crippen LogP contribution in [0.2, 0.25) is 0 Å². The lowest BCUT2D eigenvalue weighted by Gasteiger charge is -2.23. The number of hydrogen-bond acceptors (Lipinski definition) is 3. The van der Waals surface area contributed by atoms with Crippen molar-refractivity contribution in [2.45, 2.75) is 13.0 Å². The Morgan fingerprint density at radius 2 is 1.96 bits per heavy atom. The summed E-state index contributed by atoms with van der Waals surface area (Å²) in [5.41, 5.74) is 4.89. The smallest absolute Gasteiger partial charge is 0.251 e. The van der Waals surface area contributed by atoms with Crippen LogP contribution >= 0.6 is 0 Å². The van der Waals surface area contributed by atoms with Gasteiger partial charge in [0.25, 0.3) is 5.91 Å². The maximum absolute atomic E-state index is 12.8. The van der Waals surface area contributed by atoms with Crippen LogP contribution in [0.1, 0.15) is 27.5 Å². The summed E-state index contributed by atoms with van der Waals surface area (Å²) in [7, 11) is 4.01. The van der Waals surface area contributed by atoms with Crippen molar-refractivity contribution in [2.75, 3.05) is 20.6 Å². The Hall–Kier alpha value is -2.92. The van der Waals surface area contributed by atoms with Crippen molar-refractivity contribution in [3.05, 3.63) is 77.6 Å². The van der Waals surface area contributed by atoms with E-state index < -0.39 is 0 Å². The number of aryl methyl sites for hydroxylation is 1.